The highest BCUT2D eigenvalue weighted by Crippen LogP contribution is 2.37. The number of thioether (sulfide) groups is 1. The molecule has 1 heterocycles. The summed E-state index contributed by atoms with van der Waals surface area (Å²) >= 11 is 1.58. The zero-order valence-electron chi connectivity index (χ0n) is 13.2. The second-order valence-electron chi connectivity index (χ2n) is 5.00. The average Bonchev–Trinajstić information content (AvgIpc) is 2.38. The summed E-state index contributed by atoms with van der Waals surface area (Å²) in [6.45, 7) is 8.43. The Hall–Kier alpha value is -0.970. The fourth-order valence-corrected chi connectivity index (χ4v) is 3.33. The van der Waals surface area contributed by atoms with Gasteiger partial charge in [0.25, 0.3) is 0 Å². The normalized spacial score (nSPS) is 17.6. The summed E-state index contributed by atoms with van der Waals surface area (Å²) < 4.78 is 5.26. The van der Waals surface area contributed by atoms with Crippen LogP contribution in [0.15, 0.2) is 16.3 Å². The van der Waals surface area contributed by atoms with Crippen LogP contribution in [0.3, 0.4) is 0 Å². The van der Waals surface area contributed by atoms with Gasteiger partial charge in [-0.2, -0.15) is 0 Å². The predicted molar refractivity (Wildman–Crippen MR) is 86.0 cm³/mol. The van der Waals surface area contributed by atoms with Crippen LogP contribution in [0.2, 0.25) is 0 Å². The Labute approximate surface area is 126 Å². The number of hydrogen-bond donors (Lipinski definition) is 1. The SMILES string of the molecule is CCCC1(CCC)N=C(SC)NC(C)=C1C(=O)OCC. The Kier molecular flexibility index (Phi) is 6.59. The zero-order chi connectivity index (χ0) is 15.2. The Morgan fingerprint density at radius 2 is 1.90 bits per heavy atom. The standard InChI is InChI=1S/C15H26N2O2S/c1-6-9-15(10-7-2)12(13(18)19-8-3)11(4)16-14(17-15)20-5/h6-10H2,1-5H3,(H,16,17). The van der Waals surface area contributed by atoms with Gasteiger partial charge >= 0.3 is 5.97 Å². The summed E-state index contributed by atoms with van der Waals surface area (Å²) in [6.07, 6.45) is 5.72. The highest BCUT2D eigenvalue weighted by Gasteiger charge is 2.41. The van der Waals surface area contributed by atoms with Crippen molar-refractivity contribution < 1.29 is 9.53 Å². The van der Waals surface area contributed by atoms with E-state index in [9.17, 15) is 4.79 Å². The van der Waals surface area contributed by atoms with Crippen molar-refractivity contribution in [2.45, 2.75) is 58.9 Å². The lowest BCUT2D eigenvalue weighted by molar-refractivity contribution is -0.139. The molecule has 0 saturated heterocycles. The van der Waals surface area contributed by atoms with E-state index in [1.54, 1.807) is 11.8 Å². The van der Waals surface area contributed by atoms with Gasteiger partial charge in [-0.1, -0.05) is 38.5 Å². The Bertz CT molecular complexity index is 410. The maximum Gasteiger partial charge on any atom is 0.338 e. The molecule has 0 fully saturated rings. The van der Waals surface area contributed by atoms with E-state index in [4.69, 9.17) is 9.73 Å². The summed E-state index contributed by atoms with van der Waals surface area (Å²) in [5.74, 6) is -0.233. The number of carbonyl (C=O) groups excluding carboxylic acids is 1. The summed E-state index contributed by atoms with van der Waals surface area (Å²) in [5, 5.41) is 4.11. The van der Waals surface area contributed by atoms with Crippen LogP contribution in [0.1, 0.15) is 53.4 Å². The summed E-state index contributed by atoms with van der Waals surface area (Å²) in [7, 11) is 0. The molecular weight excluding hydrogens is 272 g/mol. The number of allylic oxidation sites excluding steroid dienone is 1. The molecule has 0 spiro atoms. The van der Waals surface area contributed by atoms with Crippen LogP contribution < -0.4 is 5.32 Å². The predicted octanol–water partition coefficient (Wildman–Crippen LogP) is 3.48. The van der Waals surface area contributed by atoms with Crippen molar-refractivity contribution in [1.82, 2.24) is 5.32 Å². The molecule has 0 aliphatic carbocycles. The highest BCUT2D eigenvalue weighted by atomic mass is 32.2. The van der Waals surface area contributed by atoms with Crippen molar-refractivity contribution in [2.24, 2.45) is 4.99 Å². The molecular formula is C15H26N2O2S. The van der Waals surface area contributed by atoms with E-state index in [0.717, 1.165) is 36.5 Å². The van der Waals surface area contributed by atoms with Gasteiger partial charge < -0.3 is 10.1 Å². The molecule has 0 bridgehead atoms. The largest absolute Gasteiger partial charge is 0.463 e. The molecule has 0 atom stereocenters. The molecule has 0 aromatic carbocycles. The maximum atomic E-state index is 12.4. The summed E-state index contributed by atoms with van der Waals surface area (Å²) in [4.78, 5) is 17.2. The van der Waals surface area contributed by atoms with E-state index < -0.39 is 5.54 Å². The molecule has 0 amide bonds. The first-order valence-corrected chi connectivity index (χ1v) is 8.56. The first-order chi connectivity index (χ1) is 9.54. The smallest absolute Gasteiger partial charge is 0.338 e. The molecule has 1 rings (SSSR count). The second kappa shape index (κ2) is 7.72. The minimum absolute atomic E-state index is 0.233. The molecule has 0 radical (unpaired) electrons. The van der Waals surface area contributed by atoms with Crippen molar-refractivity contribution in [3.05, 3.63) is 11.3 Å². The maximum absolute atomic E-state index is 12.4. The summed E-state index contributed by atoms with van der Waals surface area (Å²) in [6, 6.07) is 0. The van der Waals surface area contributed by atoms with Crippen molar-refractivity contribution in [3.8, 4) is 0 Å². The lowest BCUT2D eigenvalue weighted by Gasteiger charge is -2.36. The van der Waals surface area contributed by atoms with Gasteiger partial charge in [0.05, 0.1) is 17.7 Å². The van der Waals surface area contributed by atoms with Crippen LogP contribution >= 0.6 is 11.8 Å². The van der Waals surface area contributed by atoms with Crippen molar-refractivity contribution >= 4 is 22.9 Å². The van der Waals surface area contributed by atoms with Gasteiger partial charge in [-0.3, -0.25) is 4.99 Å². The first kappa shape index (κ1) is 17.1. The molecule has 0 unspecified atom stereocenters. The lowest BCUT2D eigenvalue weighted by atomic mass is 9.80. The van der Waals surface area contributed by atoms with Crippen LogP contribution in [0, 0.1) is 0 Å². The van der Waals surface area contributed by atoms with Crippen LogP contribution in [0.4, 0.5) is 0 Å². The third-order valence-electron chi connectivity index (χ3n) is 3.45. The quantitative estimate of drug-likeness (QED) is 0.763. The Balaban J connectivity index is 3.28. The van der Waals surface area contributed by atoms with E-state index in [1.165, 1.54) is 0 Å². The molecule has 114 valence electrons. The molecule has 0 aromatic rings. The van der Waals surface area contributed by atoms with Crippen LogP contribution in [-0.2, 0) is 9.53 Å². The van der Waals surface area contributed by atoms with Gasteiger partial charge in [-0.15, -0.1) is 0 Å². The van der Waals surface area contributed by atoms with E-state index in [1.807, 2.05) is 20.1 Å². The van der Waals surface area contributed by atoms with Crippen molar-refractivity contribution in [1.29, 1.82) is 0 Å². The number of carbonyl (C=O) groups is 1. The highest BCUT2D eigenvalue weighted by molar-refractivity contribution is 8.13. The molecule has 1 aliphatic rings. The topological polar surface area (TPSA) is 50.7 Å². The van der Waals surface area contributed by atoms with E-state index >= 15 is 0 Å². The number of aliphatic imine (C=N–C) groups is 1. The van der Waals surface area contributed by atoms with Crippen LogP contribution in [0.25, 0.3) is 0 Å². The molecule has 0 aromatic heterocycles. The third kappa shape index (κ3) is 3.57. The molecule has 20 heavy (non-hydrogen) atoms. The fraction of sp³-hybridized carbons (Fsp3) is 0.733. The minimum Gasteiger partial charge on any atom is -0.463 e. The first-order valence-electron chi connectivity index (χ1n) is 7.33. The molecule has 1 aliphatic heterocycles. The van der Waals surface area contributed by atoms with Gasteiger partial charge in [0.15, 0.2) is 5.17 Å². The Morgan fingerprint density at radius 3 is 2.35 bits per heavy atom. The van der Waals surface area contributed by atoms with Crippen LogP contribution in [0.5, 0.6) is 0 Å². The molecule has 1 N–H and O–H groups in total. The number of hydrogen-bond acceptors (Lipinski definition) is 5. The number of nitrogens with one attached hydrogen (secondary N) is 1. The van der Waals surface area contributed by atoms with Gasteiger partial charge in [-0.05, 0) is 32.9 Å². The molecule has 5 heteroatoms. The van der Waals surface area contributed by atoms with Crippen LogP contribution in [-0.4, -0.2) is 29.5 Å². The molecule has 0 saturated carbocycles. The monoisotopic (exact) mass is 298 g/mol. The van der Waals surface area contributed by atoms with E-state index in [0.29, 0.717) is 12.2 Å². The Morgan fingerprint density at radius 1 is 1.30 bits per heavy atom. The van der Waals surface area contributed by atoms with Crippen molar-refractivity contribution in [3.63, 3.8) is 0 Å². The number of nitrogens with zero attached hydrogens (tertiary/aromatic N) is 1. The zero-order valence-corrected chi connectivity index (χ0v) is 14.0. The number of rotatable bonds is 6. The second-order valence-corrected chi connectivity index (χ2v) is 5.79. The van der Waals surface area contributed by atoms with Gasteiger partial charge in [-0.25, -0.2) is 4.79 Å². The average molecular weight is 298 g/mol. The fourth-order valence-electron chi connectivity index (χ4n) is 2.81. The van der Waals surface area contributed by atoms with Gasteiger partial charge in [0.1, 0.15) is 0 Å². The van der Waals surface area contributed by atoms with Gasteiger partial charge in [0.2, 0.25) is 0 Å². The number of amidine groups is 1. The third-order valence-corrected chi connectivity index (χ3v) is 4.03. The van der Waals surface area contributed by atoms with E-state index in [2.05, 4.69) is 19.2 Å². The van der Waals surface area contributed by atoms with E-state index in [-0.39, 0.29) is 5.97 Å². The van der Waals surface area contributed by atoms with Gasteiger partial charge in [0, 0.05) is 5.70 Å². The molecule has 4 nitrogen and oxygen atoms in total. The number of esters is 1. The number of ether oxygens (including phenoxy) is 1. The lowest BCUT2D eigenvalue weighted by Crippen LogP contribution is -2.43. The summed E-state index contributed by atoms with van der Waals surface area (Å²) in [5.41, 5.74) is 1.16. The minimum atomic E-state index is -0.427. The van der Waals surface area contributed by atoms with Crippen molar-refractivity contribution in [2.75, 3.05) is 12.9 Å².